The summed E-state index contributed by atoms with van der Waals surface area (Å²) in [6.45, 7) is 1.69. The SMILES string of the molecule is CN1CC[C@@H](CN(C(=O)O)c2ccc(F)cc2-c2cc(Cl)cc(C(F)(F)F)c2)C1. The van der Waals surface area contributed by atoms with Gasteiger partial charge in [0.1, 0.15) is 5.82 Å². The van der Waals surface area contributed by atoms with Gasteiger partial charge in [-0.25, -0.2) is 9.18 Å². The molecular formula is C20H19ClF4N2O2. The number of benzene rings is 2. The molecule has 1 aliphatic rings. The van der Waals surface area contributed by atoms with Crippen molar-refractivity contribution in [3.8, 4) is 11.1 Å². The van der Waals surface area contributed by atoms with Crippen LogP contribution in [-0.2, 0) is 6.18 Å². The van der Waals surface area contributed by atoms with Gasteiger partial charge in [-0.3, -0.25) is 4.90 Å². The van der Waals surface area contributed by atoms with E-state index in [1.165, 1.54) is 12.1 Å². The fourth-order valence-electron chi connectivity index (χ4n) is 3.60. The predicted molar refractivity (Wildman–Crippen MR) is 103 cm³/mol. The van der Waals surface area contributed by atoms with Crippen molar-refractivity contribution in [2.24, 2.45) is 5.92 Å². The number of hydrogen-bond acceptors (Lipinski definition) is 2. The predicted octanol–water partition coefficient (Wildman–Crippen LogP) is 5.60. The van der Waals surface area contributed by atoms with Crippen LogP contribution in [0.3, 0.4) is 0 Å². The largest absolute Gasteiger partial charge is 0.465 e. The van der Waals surface area contributed by atoms with E-state index in [1.807, 2.05) is 7.05 Å². The molecule has 0 bridgehead atoms. The Bertz CT molecular complexity index is 920. The first-order valence-electron chi connectivity index (χ1n) is 8.91. The number of anilines is 1. The quantitative estimate of drug-likeness (QED) is 0.642. The fraction of sp³-hybridized carbons (Fsp3) is 0.350. The number of likely N-dealkylation sites (tertiary alicyclic amines) is 1. The lowest BCUT2D eigenvalue weighted by Crippen LogP contribution is -2.35. The number of carbonyl (C=O) groups is 1. The Balaban J connectivity index is 2.08. The number of hydrogen-bond donors (Lipinski definition) is 1. The minimum atomic E-state index is -4.64. The Hall–Kier alpha value is -2.32. The smallest absolute Gasteiger partial charge is 0.416 e. The summed E-state index contributed by atoms with van der Waals surface area (Å²) in [6.07, 6.45) is -5.11. The van der Waals surface area contributed by atoms with E-state index in [2.05, 4.69) is 4.90 Å². The summed E-state index contributed by atoms with van der Waals surface area (Å²) in [5, 5.41) is 9.57. The zero-order valence-electron chi connectivity index (χ0n) is 15.5. The first-order chi connectivity index (χ1) is 13.5. The molecule has 0 saturated carbocycles. The van der Waals surface area contributed by atoms with Crippen LogP contribution in [0.2, 0.25) is 5.02 Å². The van der Waals surface area contributed by atoms with Crippen LogP contribution in [0.25, 0.3) is 11.1 Å². The first kappa shape index (κ1) is 21.4. The number of amides is 1. The van der Waals surface area contributed by atoms with Crippen molar-refractivity contribution in [2.45, 2.75) is 12.6 Å². The molecule has 4 nitrogen and oxygen atoms in total. The molecule has 1 heterocycles. The summed E-state index contributed by atoms with van der Waals surface area (Å²) in [6, 6.07) is 6.26. The van der Waals surface area contributed by atoms with Crippen LogP contribution >= 0.6 is 11.6 Å². The maximum atomic E-state index is 14.0. The van der Waals surface area contributed by atoms with Crippen LogP contribution in [0.15, 0.2) is 36.4 Å². The topological polar surface area (TPSA) is 43.8 Å². The summed E-state index contributed by atoms with van der Waals surface area (Å²) in [5.41, 5.74) is -0.848. The average Bonchev–Trinajstić information content (AvgIpc) is 3.03. The summed E-state index contributed by atoms with van der Waals surface area (Å²) in [7, 11) is 1.93. The zero-order valence-corrected chi connectivity index (χ0v) is 16.3. The lowest BCUT2D eigenvalue weighted by Gasteiger charge is -2.25. The molecule has 1 amide bonds. The molecule has 3 rings (SSSR count). The van der Waals surface area contributed by atoms with Gasteiger partial charge in [0, 0.05) is 23.7 Å². The minimum Gasteiger partial charge on any atom is -0.465 e. The summed E-state index contributed by atoms with van der Waals surface area (Å²) < 4.78 is 53.5. The molecule has 0 spiro atoms. The second-order valence-corrected chi connectivity index (χ2v) is 7.63. The van der Waals surface area contributed by atoms with Crippen molar-refractivity contribution in [3.05, 3.63) is 52.8 Å². The number of carboxylic acid groups (broad SMARTS) is 1. The summed E-state index contributed by atoms with van der Waals surface area (Å²) in [5.74, 6) is -0.623. The van der Waals surface area contributed by atoms with Gasteiger partial charge < -0.3 is 10.0 Å². The number of halogens is 5. The Morgan fingerprint density at radius 3 is 2.59 bits per heavy atom. The van der Waals surface area contributed by atoms with Crippen molar-refractivity contribution < 1.29 is 27.5 Å². The highest BCUT2D eigenvalue weighted by Gasteiger charge is 2.32. The summed E-state index contributed by atoms with van der Waals surface area (Å²) >= 11 is 5.86. The van der Waals surface area contributed by atoms with Crippen LogP contribution in [0.4, 0.5) is 28.0 Å². The molecular weight excluding hydrogens is 412 g/mol. The van der Waals surface area contributed by atoms with Crippen molar-refractivity contribution in [3.63, 3.8) is 0 Å². The van der Waals surface area contributed by atoms with Crippen LogP contribution < -0.4 is 4.90 Å². The van der Waals surface area contributed by atoms with E-state index < -0.39 is 23.7 Å². The van der Waals surface area contributed by atoms with E-state index in [9.17, 15) is 27.5 Å². The Morgan fingerprint density at radius 1 is 1.28 bits per heavy atom. The zero-order chi connectivity index (χ0) is 21.3. The maximum absolute atomic E-state index is 14.0. The van der Waals surface area contributed by atoms with E-state index in [0.717, 1.165) is 42.1 Å². The highest BCUT2D eigenvalue weighted by molar-refractivity contribution is 6.31. The van der Waals surface area contributed by atoms with E-state index in [4.69, 9.17) is 11.6 Å². The van der Waals surface area contributed by atoms with E-state index >= 15 is 0 Å². The van der Waals surface area contributed by atoms with Gasteiger partial charge in [0.2, 0.25) is 0 Å². The third-order valence-corrected chi connectivity index (χ3v) is 5.16. The molecule has 0 unspecified atom stereocenters. The van der Waals surface area contributed by atoms with Gasteiger partial charge in [-0.1, -0.05) is 11.6 Å². The highest BCUT2D eigenvalue weighted by atomic mass is 35.5. The Morgan fingerprint density at radius 2 is 2.00 bits per heavy atom. The molecule has 1 N–H and O–H groups in total. The lowest BCUT2D eigenvalue weighted by atomic mass is 9.99. The molecule has 2 aromatic carbocycles. The third kappa shape index (κ3) is 5.00. The van der Waals surface area contributed by atoms with Gasteiger partial charge in [0.25, 0.3) is 0 Å². The molecule has 9 heteroatoms. The molecule has 1 saturated heterocycles. The molecule has 2 aromatic rings. The highest BCUT2D eigenvalue weighted by Crippen LogP contribution is 2.38. The van der Waals surface area contributed by atoms with Gasteiger partial charge in [0.05, 0.1) is 11.3 Å². The molecule has 1 atom stereocenters. The molecule has 1 aliphatic heterocycles. The van der Waals surface area contributed by atoms with Crippen LogP contribution in [-0.4, -0.2) is 42.8 Å². The number of rotatable bonds is 4. The fourth-order valence-corrected chi connectivity index (χ4v) is 3.83. The lowest BCUT2D eigenvalue weighted by molar-refractivity contribution is -0.137. The van der Waals surface area contributed by atoms with Crippen LogP contribution in [0.1, 0.15) is 12.0 Å². The molecule has 156 valence electrons. The standard InChI is InChI=1S/C20H19ClF4N2O2/c1-26-5-4-12(10-26)11-27(19(28)29)18-3-2-16(22)9-17(18)13-6-14(20(23,24)25)8-15(21)7-13/h2-3,6-9,12H,4-5,10-11H2,1H3,(H,28,29)/t12-/m1/s1. The molecule has 29 heavy (non-hydrogen) atoms. The molecule has 0 aromatic heterocycles. The van der Waals surface area contributed by atoms with Gasteiger partial charge >= 0.3 is 12.3 Å². The second-order valence-electron chi connectivity index (χ2n) is 7.20. The van der Waals surface area contributed by atoms with Crippen molar-refractivity contribution >= 4 is 23.4 Å². The Labute approximate surface area is 170 Å². The van der Waals surface area contributed by atoms with Crippen LogP contribution in [0.5, 0.6) is 0 Å². The van der Waals surface area contributed by atoms with Crippen LogP contribution in [0, 0.1) is 11.7 Å². The van der Waals surface area contributed by atoms with E-state index in [0.29, 0.717) is 6.54 Å². The molecule has 0 radical (unpaired) electrons. The van der Waals surface area contributed by atoms with Crippen molar-refractivity contribution in [1.29, 1.82) is 0 Å². The normalized spacial score (nSPS) is 17.5. The van der Waals surface area contributed by atoms with E-state index in [-0.39, 0.29) is 34.3 Å². The first-order valence-corrected chi connectivity index (χ1v) is 9.29. The van der Waals surface area contributed by atoms with Gasteiger partial charge in [-0.15, -0.1) is 0 Å². The minimum absolute atomic E-state index is 0.00545. The molecule has 0 aliphatic carbocycles. The second kappa shape index (κ2) is 8.20. The maximum Gasteiger partial charge on any atom is 0.416 e. The molecule has 1 fully saturated rings. The van der Waals surface area contributed by atoms with Crippen molar-refractivity contribution in [2.75, 3.05) is 31.6 Å². The third-order valence-electron chi connectivity index (χ3n) is 4.95. The van der Waals surface area contributed by atoms with Crippen molar-refractivity contribution in [1.82, 2.24) is 4.90 Å². The Kier molecular flexibility index (Phi) is 6.05. The average molecular weight is 431 g/mol. The van der Waals surface area contributed by atoms with Gasteiger partial charge in [-0.05, 0) is 67.9 Å². The van der Waals surface area contributed by atoms with Gasteiger partial charge in [-0.2, -0.15) is 13.2 Å². The summed E-state index contributed by atoms with van der Waals surface area (Å²) in [4.78, 5) is 15.1. The number of nitrogens with zero attached hydrogens (tertiary/aromatic N) is 2. The van der Waals surface area contributed by atoms with Gasteiger partial charge in [0.15, 0.2) is 0 Å². The number of alkyl halides is 3. The monoisotopic (exact) mass is 430 g/mol. The van der Waals surface area contributed by atoms with E-state index in [1.54, 1.807) is 0 Å².